The number of rotatable bonds is 32. The van der Waals surface area contributed by atoms with E-state index in [0.717, 1.165) is 25.7 Å². The molecule has 3 nitrogen and oxygen atoms in total. The van der Waals surface area contributed by atoms with Gasteiger partial charge in [0.25, 0.3) is 0 Å². The molecule has 0 aliphatic heterocycles. The smallest absolute Gasteiger partial charge is 0.142 e. The summed E-state index contributed by atoms with van der Waals surface area (Å²) in [4.78, 5) is -0.753. The molecule has 0 aromatic heterocycles. The van der Waals surface area contributed by atoms with Crippen LogP contribution in [0.15, 0.2) is 0 Å². The third-order valence-corrected chi connectivity index (χ3v) is 8.24. The number of unbranched alkanes of at least 4 members (excludes halogenated alkanes) is 28. The Morgan fingerprint density at radius 1 is 0.289 bits per heavy atom. The second kappa shape index (κ2) is 33.6. The highest BCUT2D eigenvalue weighted by Crippen LogP contribution is 2.16. The molecule has 0 heterocycles. The highest BCUT2D eigenvalue weighted by Gasteiger charge is 2.21. The van der Waals surface area contributed by atoms with Crippen LogP contribution in [0.25, 0.3) is 0 Å². The van der Waals surface area contributed by atoms with Crippen LogP contribution in [-0.2, 0) is 0 Å². The monoisotopic (exact) mass is 605 g/mol. The number of halogens is 1. The summed E-state index contributed by atoms with van der Waals surface area (Å²) in [6.45, 7) is 5.56. The third-order valence-electron chi connectivity index (χ3n) is 8.24. The van der Waals surface area contributed by atoms with Crippen LogP contribution in [0.1, 0.15) is 206 Å². The van der Waals surface area contributed by atoms with Gasteiger partial charge >= 0.3 is 0 Å². The number of hydroxylamine groups is 4. The summed E-state index contributed by atoms with van der Waals surface area (Å²) < 4.78 is 0. The molecule has 0 bridgehead atoms. The first-order valence-corrected chi connectivity index (χ1v) is 17.4. The van der Waals surface area contributed by atoms with Crippen molar-refractivity contribution in [3.05, 3.63) is 0 Å². The summed E-state index contributed by atoms with van der Waals surface area (Å²) in [5.41, 5.74) is 0. The van der Waals surface area contributed by atoms with E-state index in [2.05, 4.69) is 13.8 Å². The van der Waals surface area contributed by atoms with Crippen LogP contribution >= 0.6 is 0 Å². The van der Waals surface area contributed by atoms with Crippen molar-refractivity contribution in [2.24, 2.45) is 0 Å². The normalized spacial score (nSPS) is 11.7. The number of quaternary nitrogens is 1. The third kappa shape index (κ3) is 34.4. The van der Waals surface area contributed by atoms with Crippen LogP contribution < -0.4 is 17.0 Å². The Kier molecular flexibility index (Phi) is 35.8. The Balaban J connectivity index is 0. The van der Waals surface area contributed by atoms with E-state index < -0.39 is 4.81 Å². The van der Waals surface area contributed by atoms with Gasteiger partial charge in [-0.05, 0) is 17.7 Å². The Bertz CT molecular complexity index is 419. The molecule has 0 rings (SSSR count). The Morgan fingerprint density at radius 2 is 0.447 bits per heavy atom. The van der Waals surface area contributed by atoms with Gasteiger partial charge in [0.05, 0.1) is 0 Å². The van der Waals surface area contributed by atoms with Crippen molar-refractivity contribution >= 4 is 0 Å². The van der Waals surface area contributed by atoms with Crippen molar-refractivity contribution < 1.29 is 32.2 Å². The number of hydrogen-bond donors (Lipinski definition) is 2. The lowest BCUT2D eigenvalue weighted by Crippen LogP contribution is -3.00. The van der Waals surface area contributed by atoms with Crippen LogP contribution in [0.4, 0.5) is 0 Å². The maximum Gasteiger partial charge on any atom is 0.142 e. The summed E-state index contributed by atoms with van der Waals surface area (Å²) in [7, 11) is 0. The van der Waals surface area contributed by atoms with Gasteiger partial charge in [-0.25, -0.2) is 0 Å². The molecule has 0 saturated carbocycles. The van der Waals surface area contributed by atoms with Gasteiger partial charge in [0.2, 0.25) is 0 Å². The summed E-state index contributed by atoms with van der Waals surface area (Å²) in [5, 5.41) is 20.4. The first-order chi connectivity index (χ1) is 18.1. The van der Waals surface area contributed by atoms with Gasteiger partial charge in [0, 0.05) is 12.8 Å². The molecule has 2 N–H and O–H groups in total. The van der Waals surface area contributed by atoms with Gasteiger partial charge in [-0.2, -0.15) is 10.4 Å². The molecule has 0 amide bonds. The Labute approximate surface area is 251 Å². The fourth-order valence-electron chi connectivity index (χ4n) is 5.58. The zero-order chi connectivity index (χ0) is 27.1. The van der Waals surface area contributed by atoms with Crippen molar-refractivity contribution in [2.45, 2.75) is 206 Å². The zero-order valence-electron chi connectivity index (χ0n) is 26.3. The Morgan fingerprint density at radius 3 is 0.632 bits per heavy atom. The van der Waals surface area contributed by atoms with E-state index in [1.165, 1.54) is 167 Å². The second-order valence-corrected chi connectivity index (χ2v) is 12.2. The molecule has 0 aliphatic rings. The molecule has 0 aromatic rings. The highest BCUT2D eigenvalue weighted by atomic mass is 79.9. The predicted octanol–water partition coefficient (Wildman–Crippen LogP) is 9.33. The summed E-state index contributed by atoms with van der Waals surface area (Å²) in [6.07, 6.45) is 40.3. The maximum atomic E-state index is 10.2. The molecule has 4 heteroatoms. The predicted molar refractivity (Wildman–Crippen MR) is 163 cm³/mol. The van der Waals surface area contributed by atoms with E-state index in [9.17, 15) is 10.4 Å². The van der Waals surface area contributed by atoms with E-state index in [-0.39, 0.29) is 17.0 Å². The summed E-state index contributed by atoms with van der Waals surface area (Å²) >= 11 is 0. The zero-order valence-corrected chi connectivity index (χ0v) is 27.9. The van der Waals surface area contributed by atoms with Crippen molar-refractivity contribution in [1.82, 2.24) is 0 Å². The van der Waals surface area contributed by atoms with E-state index in [1.807, 2.05) is 0 Å². The molecule has 0 aliphatic carbocycles. The van der Waals surface area contributed by atoms with Gasteiger partial charge in [-0.15, -0.1) is 0 Å². The van der Waals surface area contributed by atoms with Gasteiger partial charge < -0.3 is 17.0 Å². The largest absolute Gasteiger partial charge is 1.00 e. The molecular formula is C34H72BrNO2. The first-order valence-electron chi connectivity index (χ1n) is 17.4. The SMILES string of the molecule is CCCCCCCCCCCCCCCCCC[N+](O)(O)CCCCCCCCCCCCCCCC.[Br-]. The van der Waals surface area contributed by atoms with Crippen LogP contribution in [0.2, 0.25) is 0 Å². The molecule has 0 radical (unpaired) electrons. The minimum atomic E-state index is -0.753. The second-order valence-electron chi connectivity index (χ2n) is 12.2. The van der Waals surface area contributed by atoms with E-state index in [0.29, 0.717) is 13.1 Å². The Hall–Kier alpha value is 0.360. The lowest BCUT2D eigenvalue weighted by atomic mass is 10.0. The molecule has 232 valence electrons. The number of hydrogen-bond acceptors (Lipinski definition) is 2. The maximum absolute atomic E-state index is 10.2. The molecule has 0 unspecified atom stereocenters. The van der Waals surface area contributed by atoms with Gasteiger partial charge in [-0.3, -0.25) is 0 Å². The van der Waals surface area contributed by atoms with Crippen LogP contribution in [0.3, 0.4) is 0 Å². The minimum absolute atomic E-state index is 0. The molecule has 38 heavy (non-hydrogen) atoms. The summed E-state index contributed by atoms with van der Waals surface area (Å²) in [5.74, 6) is 0. The van der Waals surface area contributed by atoms with Crippen molar-refractivity contribution in [3.8, 4) is 0 Å². The van der Waals surface area contributed by atoms with Gasteiger partial charge in [0.1, 0.15) is 13.1 Å². The van der Waals surface area contributed by atoms with Crippen molar-refractivity contribution in [3.63, 3.8) is 0 Å². The van der Waals surface area contributed by atoms with Crippen LogP contribution in [0.5, 0.6) is 0 Å². The van der Waals surface area contributed by atoms with E-state index in [1.54, 1.807) is 0 Å². The fraction of sp³-hybridized carbons (Fsp3) is 1.00. The molecule has 0 atom stereocenters. The van der Waals surface area contributed by atoms with Crippen LogP contribution in [-0.4, -0.2) is 28.3 Å². The molecule has 0 aromatic carbocycles. The molecule has 0 fully saturated rings. The first kappa shape index (κ1) is 40.5. The number of nitrogens with zero attached hydrogens (tertiary/aromatic N) is 1. The lowest BCUT2D eigenvalue weighted by Gasteiger charge is -2.21. The average molecular weight is 607 g/mol. The lowest BCUT2D eigenvalue weighted by molar-refractivity contribution is -1.24. The van der Waals surface area contributed by atoms with E-state index >= 15 is 0 Å². The summed E-state index contributed by atoms with van der Waals surface area (Å²) in [6, 6.07) is 0. The topological polar surface area (TPSA) is 40.5 Å². The minimum Gasteiger partial charge on any atom is -1.00 e. The van der Waals surface area contributed by atoms with Crippen LogP contribution in [0, 0.1) is 0 Å². The average Bonchev–Trinajstić information content (AvgIpc) is 2.88. The highest BCUT2D eigenvalue weighted by molar-refractivity contribution is 4.51. The quantitative estimate of drug-likeness (QED) is 0.0455. The van der Waals surface area contributed by atoms with Crippen molar-refractivity contribution in [2.75, 3.05) is 13.1 Å². The molecule has 0 spiro atoms. The molecular weight excluding hydrogens is 534 g/mol. The fourth-order valence-corrected chi connectivity index (χ4v) is 5.58. The van der Waals surface area contributed by atoms with Gasteiger partial charge in [0.15, 0.2) is 0 Å². The molecule has 0 saturated heterocycles. The van der Waals surface area contributed by atoms with Crippen molar-refractivity contribution in [1.29, 1.82) is 0 Å². The van der Waals surface area contributed by atoms with E-state index in [4.69, 9.17) is 0 Å². The standard InChI is InChI=1S/C34H72NO2.BrH/c1-3-5-7-9-11-13-15-17-19-20-22-24-26-28-30-32-34-35(36,37)33-31-29-27-25-23-21-18-16-14-12-10-8-6-4-2;/h36-37H,3-34H2,1-2H3;1H/q+1;/p-1. The van der Waals surface area contributed by atoms with Gasteiger partial charge in [-0.1, -0.05) is 181 Å².